The summed E-state index contributed by atoms with van der Waals surface area (Å²) in [5.41, 5.74) is 0. The van der Waals surface area contributed by atoms with Crippen molar-refractivity contribution in [3.8, 4) is 5.75 Å². The molecule has 1 aromatic rings. The second kappa shape index (κ2) is 5.19. The number of hydrogen-bond acceptors (Lipinski definition) is 3. The van der Waals surface area contributed by atoms with Gasteiger partial charge in [0.1, 0.15) is 5.75 Å². The Morgan fingerprint density at radius 3 is 2.65 bits per heavy atom. The van der Waals surface area contributed by atoms with Crippen LogP contribution in [0.5, 0.6) is 5.75 Å². The standard InChI is InChI=1S/C12H12ClNO3/c13-9-3-5-10(6-4-9)17-8-12(16)14-7-1-2-11(14)15/h3-6H,1-2,7-8H2. The zero-order chi connectivity index (χ0) is 12.3. The largest absolute Gasteiger partial charge is 0.484 e. The SMILES string of the molecule is O=C1CCCN1C(=O)COc1ccc(Cl)cc1. The number of imide groups is 1. The van der Waals surface area contributed by atoms with Crippen LogP contribution in [0, 0.1) is 0 Å². The van der Waals surface area contributed by atoms with E-state index in [9.17, 15) is 9.59 Å². The molecule has 2 rings (SSSR count). The molecule has 0 spiro atoms. The summed E-state index contributed by atoms with van der Waals surface area (Å²) in [5.74, 6) is 0.159. The number of nitrogens with zero attached hydrogens (tertiary/aromatic N) is 1. The highest BCUT2D eigenvalue weighted by molar-refractivity contribution is 6.30. The number of ether oxygens (including phenoxy) is 1. The Kier molecular flexibility index (Phi) is 3.64. The number of carbonyl (C=O) groups is 2. The van der Waals surface area contributed by atoms with E-state index >= 15 is 0 Å². The normalized spacial score (nSPS) is 15.1. The fourth-order valence-corrected chi connectivity index (χ4v) is 1.79. The van der Waals surface area contributed by atoms with Crippen LogP contribution in [0.4, 0.5) is 0 Å². The van der Waals surface area contributed by atoms with E-state index in [4.69, 9.17) is 16.3 Å². The lowest BCUT2D eigenvalue weighted by Crippen LogP contribution is -2.35. The van der Waals surface area contributed by atoms with Crippen LogP contribution in [0.25, 0.3) is 0 Å². The number of amides is 2. The first-order valence-corrected chi connectivity index (χ1v) is 5.76. The Hall–Kier alpha value is -1.55. The first-order chi connectivity index (χ1) is 8.16. The van der Waals surface area contributed by atoms with Crippen LogP contribution in [-0.2, 0) is 9.59 Å². The minimum Gasteiger partial charge on any atom is -0.484 e. The number of rotatable bonds is 3. The van der Waals surface area contributed by atoms with Crippen molar-refractivity contribution in [1.29, 1.82) is 0 Å². The molecule has 5 heteroatoms. The van der Waals surface area contributed by atoms with Gasteiger partial charge in [-0.1, -0.05) is 11.6 Å². The van der Waals surface area contributed by atoms with Crippen molar-refractivity contribution < 1.29 is 14.3 Å². The summed E-state index contributed by atoms with van der Waals surface area (Å²) in [5, 5.41) is 0.610. The van der Waals surface area contributed by atoms with Crippen molar-refractivity contribution in [2.75, 3.05) is 13.2 Å². The van der Waals surface area contributed by atoms with Gasteiger partial charge in [-0.25, -0.2) is 0 Å². The van der Waals surface area contributed by atoms with E-state index in [0.29, 0.717) is 23.7 Å². The third-order valence-corrected chi connectivity index (χ3v) is 2.80. The van der Waals surface area contributed by atoms with Crippen molar-refractivity contribution in [3.05, 3.63) is 29.3 Å². The summed E-state index contributed by atoms with van der Waals surface area (Å²) < 4.78 is 5.28. The Morgan fingerprint density at radius 1 is 1.35 bits per heavy atom. The van der Waals surface area contributed by atoms with Gasteiger partial charge in [0.05, 0.1) is 0 Å². The van der Waals surface area contributed by atoms with E-state index in [1.165, 1.54) is 4.90 Å². The van der Waals surface area contributed by atoms with E-state index in [-0.39, 0.29) is 18.4 Å². The van der Waals surface area contributed by atoms with Gasteiger partial charge in [-0.3, -0.25) is 14.5 Å². The molecule has 1 aromatic carbocycles. The van der Waals surface area contributed by atoms with Gasteiger partial charge in [0.25, 0.3) is 5.91 Å². The van der Waals surface area contributed by atoms with Gasteiger partial charge in [-0.15, -0.1) is 0 Å². The zero-order valence-electron chi connectivity index (χ0n) is 9.19. The fraction of sp³-hybridized carbons (Fsp3) is 0.333. The highest BCUT2D eigenvalue weighted by atomic mass is 35.5. The van der Waals surface area contributed by atoms with Crippen LogP contribution in [0.3, 0.4) is 0 Å². The summed E-state index contributed by atoms with van der Waals surface area (Å²) in [4.78, 5) is 24.2. The quantitative estimate of drug-likeness (QED) is 0.826. The molecule has 1 fully saturated rings. The molecule has 90 valence electrons. The maximum absolute atomic E-state index is 11.7. The Morgan fingerprint density at radius 2 is 2.06 bits per heavy atom. The predicted molar refractivity (Wildman–Crippen MR) is 62.9 cm³/mol. The van der Waals surface area contributed by atoms with Crippen molar-refractivity contribution in [2.24, 2.45) is 0 Å². The summed E-state index contributed by atoms with van der Waals surface area (Å²) >= 11 is 5.72. The molecule has 0 unspecified atom stereocenters. The van der Waals surface area contributed by atoms with E-state index < -0.39 is 0 Å². The lowest BCUT2D eigenvalue weighted by atomic mass is 10.3. The molecule has 0 radical (unpaired) electrons. The van der Waals surface area contributed by atoms with E-state index in [2.05, 4.69) is 0 Å². The minimum atomic E-state index is -0.289. The van der Waals surface area contributed by atoms with E-state index in [1.807, 2.05) is 0 Å². The first kappa shape index (κ1) is 11.9. The topological polar surface area (TPSA) is 46.6 Å². The molecular formula is C12H12ClNO3. The molecule has 0 saturated carbocycles. The van der Waals surface area contributed by atoms with Gasteiger partial charge >= 0.3 is 0 Å². The first-order valence-electron chi connectivity index (χ1n) is 5.38. The number of likely N-dealkylation sites (tertiary alicyclic amines) is 1. The van der Waals surface area contributed by atoms with Crippen molar-refractivity contribution >= 4 is 23.4 Å². The van der Waals surface area contributed by atoms with E-state index in [1.54, 1.807) is 24.3 Å². The molecule has 1 aliphatic rings. The molecule has 17 heavy (non-hydrogen) atoms. The third kappa shape index (κ3) is 2.97. The van der Waals surface area contributed by atoms with Gasteiger partial charge in [-0.2, -0.15) is 0 Å². The lowest BCUT2D eigenvalue weighted by molar-refractivity contribution is -0.143. The highest BCUT2D eigenvalue weighted by Crippen LogP contribution is 2.16. The molecule has 1 aliphatic heterocycles. The average Bonchev–Trinajstić information content (AvgIpc) is 2.74. The smallest absolute Gasteiger partial charge is 0.267 e. The summed E-state index contributed by atoms with van der Waals surface area (Å²) in [7, 11) is 0. The van der Waals surface area contributed by atoms with Gasteiger partial charge < -0.3 is 4.74 Å². The summed E-state index contributed by atoms with van der Waals surface area (Å²) in [6.07, 6.45) is 1.19. The molecule has 0 aliphatic carbocycles. The molecule has 2 amide bonds. The molecule has 0 atom stereocenters. The van der Waals surface area contributed by atoms with Crippen molar-refractivity contribution in [1.82, 2.24) is 4.90 Å². The molecule has 1 saturated heterocycles. The number of halogens is 1. The minimum absolute atomic E-state index is 0.116. The molecular weight excluding hydrogens is 242 g/mol. The van der Waals surface area contributed by atoms with Crippen LogP contribution in [-0.4, -0.2) is 29.9 Å². The van der Waals surface area contributed by atoms with Crippen molar-refractivity contribution in [3.63, 3.8) is 0 Å². The zero-order valence-corrected chi connectivity index (χ0v) is 9.94. The van der Waals surface area contributed by atoms with Crippen LogP contribution >= 0.6 is 11.6 Å². The summed E-state index contributed by atoms with van der Waals surface area (Å²) in [6, 6.07) is 6.73. The number of hydrogen-bond donors (Lipinski definition) is 0. The highest BCUT2D eigenvalue weighted by Gasteiger charge is 2.26. The molecule has 0 aromatic heterocycles. The Balaban J connectivity index is 1.87. The van der Waals surface area contributed by atoms with Crippen LogP contribution < -0.4 is 4.74 Å². The Labute approximate surface area is 104 Å². The third-order valence-electron chi connectivity index (χ3n) is 2.55. The molecule has 0 bridgehead atoms. The number of carbonyl (C=O) groups excluding carboxylic acids is 2. The Bertz CT molecular complexity index is 430. The molecule has 1 heterocycles. The van der Waals surface area contributed by atoms with Crippen LogP contribution in [0.1, 0.15) is 12.8 Å². The van der Waals surface area contributed by atoms with Gasteiger partial charge in [0.15, 0.2) is 6.61 Å². The maximum Gasteiger partial charge on any atom is 0.267 e. The second-order valence-corrected chi connectivity index (χ2v) is 4.22. The summed E-state index contributed by atoms with van der Waals surface area (Å²) in [6.45, 7) is 0.384. The molecule has 0 N–H and O–H groups in total. The fourth-order valence-electron chi connectivity index (χ4n) is 1.67. The second-order valence-electron chi connectivity index (χ2n) is 3.79. The van der Waals surface area contributed by atoms with E-state index in [0.717, 1.165) is 6.42 Å². The monoisotopic (exact) mass is 253 g/mol. The predicted octanol–water partition coefficient (Wildman–Crippen LogP) is 1.87. The maximum atomic E-state index is 11.7. The number of benzene rings is 1. The van der Waals surface area contributed by atoms with Gasteiger partial charge in [-0.05, 0) is 30.7 Å². The van der Waals surface area contributed by atoms with Crippen LogP contribution in [0.2, 0.25) is 5.02 Å². The van der Waals surface area contributed by atoms with Crippen LogP contribution in [0.15, 0.2) is 24.3 Å². The molecule has 4 nitrogen and oxygen atoms in total. The van der Waals surface area contributed by atoms with Gasteiger partial charge in [0.2, 0.25) is 5.91 Å². The average molecular weight is 254 g/mol. The van der Waals surface area contributed by atoms with Gasteiger partial charge in [0, 0.05) is 18.0 Å². The van der Waals surface area contributed by atoms with Crippen molar-refractivity contribution in [2.45, 2.75) is 12.8 Å². The lowest BCUT2D eigenvalue weighted by Gasteiger charge is -2.13.